The highest BCUT2D eigenvalue weighted by molar-refractivity contribution is 7.89. The number of alkyl carbamates (subject to hydrolysis) is 2. The fraction of sp³-hybridized carbons (Fsp3) is 0.378. The summed E-state index contributed by atoms with van der Waals surface area (Å²) in [6.07, 6.45) is 0.309. The molecular formula is C45H55Cl2N3O9S. The Bertz CT molecular complexity index is 2170. The van der Waals surface area contributed by atoms with Crippen molar-refractivity contribution in [2.24, 2.45) is 0 Å². The molecule has 0 aromatic heterocycles. The first kappa shape index (κ1) is 49.3. The summed E-state index contributed by atoms with van der Waals surface area (Å²) in [5.74, 6) is -1.07. The Morgan fingerprint density at radius 1 is 0.617 bits per heavy atom. The Balaban J connectivity index is 0.000000321. The van der Waals surface area contributed by atoms with Gasteiger partial charge in [-0.05, 0) is 119 Å². The lowest BCUT2D eigenvalue weighted by molar-refractivity contribution is -0.143. The fourth-order valence-electron chi connectivity index (χ4n) is 5.76. The van der Waals surface area contributed by atoms with E-state index in [9.17, 15) is 27.6 Å². The molecule has 0 saturated carbocycles. The first-order chi connectivity index (χ1) is 28.0. The average molecular weight is 885 g/mol. The molecule has 3 amide bonds. The predicted octanol–water partition coefficient (Wildman–Crippen LogP) is 9.30. The predicted molar refractivity (Wildman–Crippen MR) is 236 cm³/mol. The number of nitrogens with one attached hydrogen (secondary N) is 3. The summed E-state index contributed by atoms with van der Waals surface area (Å²) < 4.78 is 40.2. The van der Waals surface area contributed by atoms with Gasteiger partial charge in [0.25, 0.3) is 0 Å². The molecule has 0 aliphatic heterocycles. The number of hydrogen-bond acceptors (Lipinski definition) is 9. The zero-order valence-electron chi connectivity index (χ0n) is 35.3. The number of carbonyl (C=O) groups excluding carboxylic acids is 4. The number of sulfonamides is 1. The van der Waals surface area contributed by atoms with Gasteiger partial charge in [-0.25, -0.2) is 18.0 Å². The molecule has 0 aliphatic rings. The maximum Gasteiger partial charge on any atom is 0.407 e. The maximum absolute atomic E-state index is 12.2. The van der Waals surface area contributed by atoms with Crippen molar-refractivity contribution >= 4 is 57.3 Å². The van der Waals surface area contributed by atoms with E-state index in [-0.39, 0.29) is 18.8 Å². The second-order valence-corrected chi connectivity index (χ2v) is 18.6. The van der Waals surface area contributed by atoms with Crippen LogP contribution in [0.1, 0.15) is 72.4 Å². The number of halogens is 2. The van der Waals surface area contributed by atoms with E-state index in [1.54, 1.807) is 54.5 Å². The van der Waals surface area contributed by atoms with Crippen LogP contribution in [0.15, 0.2) is 97.1 Å². The van der Waals surface area contributed by atoms with Gasteiger partial charge in [-0.15, -0.1) is 0 Å². The third-order valence-electron chi connectivity index (χ3n) is 8.08. The molecule has 324 valence electrons. The molecule has 4 rings (SSSR count). The van der Waals surface area contributed by atoms with Crippen molar-refractivity contribution in [3.8, 4) is 22.3 Å². The van der Waals surface area contributed by atoms with Crippen molar-refractivity contribution in [1.82, 2.24) is 15.4 Å². The van der Waals surface area contributed by atoms with Crippen LogP contribution in [0, 0.1) is 0 Å². The molecule has 0 bridgehead atoms. The Hall–Kier alpha value is -5.11. The average Bonchev–Trinajstić information content (AvgIpc) is 3.10. The van der Waals surface area contributed by atoms with Crippen LogP contribution in [-0.4, -0.2) is 68.6 Å². The third kappa shape index (κ3) is 19.8. The van der Waals surface area contributed by atoms with Gasteiger partial charge in [0.2, 0.25) is 15.9 Å². The molecule has 15 heteroatoms. The molecule has 12 nitrogen and oxygen atoms in total. The number of ether oxygens (including phenoxy) is 3. The van der Waals surface area contributed by atoms with Gasteiger partial charge in [0.1, 0.15) is 11.2 Å². The minimum atomic E-state index is -3.69. The Labute approximate surface area is 363 Å². The Morgan fingerprint density at radius 2 is 1.02 bits per heavy atom. The van der Waals surface area contributed by atoms with Crippen molar-refractivity contribution < 1.29 is 41.8 Å². The standard InChI is InChI=1S/C23H28ClNO4.C22H27ClN2O5S/c1-5-28-21(26)15-20(25-22(27)29-23(2,3)4)13-16-9-11-17(12-10-16)18-7-6-8-19(24)14-18;1-22(2,3)30-21(27)24-19(14-20(26)25-31(4,28)29)12-15-8-10-16(11-9-15)17-6-5-7-18(23)13-17/h6-12,14,20H,5,13,15H2,1-4H3,(H,25,27);5-11,13,19H,12,14H2,1-4H3,(H,24,27)(H,25,26)/t20-;19-/m11/s1. The van der Waals surface area contributed by atoms with Gasteiger partial charge < -0.3 is 24.8 Å². The first-order valence-electron chi connectivity index (χ1n) is 19.3. The van der Waals surface area contributed by atoms with Crippen LogP contribution in [0.25, 0.3) is 22.3 Å². The van der Waals surface area contributed by atoms with E-state index in [1.165, 1.54) is 0 Å². The van der Waals surface area contributed by atoms with Crippen molar-refractivity contribution in [1.29, 1.82) is 0 Å². The smallest absolute Gasteiger partial charge is 0.407 e. The van der Waals surface area contributed by atoms with Crippen LogP contribution in [0.5, 0.6) is 0 Å². The second-order valence-electron chi connectivity index (χ2n) is 16.0. The lowest BCUT2D eigenvalue weighted by atomic mass is 9.99. The van der Waals surface area contributed by atoms with Crippen molar-refractivity contribution in [3.05, 3.63) is 118 Å². The molecule has 60 heavy (non-hydrogen) atoms. The number of amides is 3. The summed E-state index contributed by atoms with van der Waals surface area (Å²) in [6.45, 7) is 12.6. The number of rotatable bonds is 14. The number of benzene rings is 4. The van der Waals surface area contributed by atoms with Gasteiger partial charge >= 0.3 is 18.2 Å². The van der Waals surface area contributed by atoms with Crippen molar-refractivity contribution in [2.75, 3.05) is 12.9 Å². The SMILES string of the molecule is CC(C)(C)OC(=O)N[C@@H](CC(=O)NS(C)(=O)=O)Cc1ccc(-c2cccc(Cl)c2)cc1.CCOC(=O)C[C@@H](Cc1ccc(-c2cccc(Cl)c2)cc1)NC(=O)OC(C)(C)C. The molecule has 0 spiro atoms. The van der Waals surface area contributed by atoms with E-state index in [0.717, 1.165) is 39.6 Å². The van der Waals surface area contributed by atoms with E-state index in [2.05, 4.69) is 10.6 Å². The van der Waals surface area contributed by atoms with Crippen LogP contribution in [0.3, 0.4) is 0 Å². The summed E-state index contributed by atoms with van der Waals surface area (Å²) in [5, 5.41) is 6.77. The highest BCUT2D eigenvalue weighted by Gasteiger charge is 2.24. The van der Waals surface area contributed by atoms with Gasteiger partial charge in [0, 0.05) is 28.5 Å². The summed E-state index contributed by atoms with van der Waals surface area (Å²) >= 11 is 12.1. The molecule has 4 aromatic carbocycles. The van der Waals surface area contributed by atoms with Gasteiger partial charge in [0.05, 0.1) is 19.3 Å². The molecule has 0 saturated heterocycles. The quantitative estimate of drug-likeness (QED) is 0.0827. The van der Waals surface area contributed by atoms with Gasteiger partial charge in [-0.2, -0.15) is 0 Å². The van der Waals surface area contributed by atoms with E-state index in [1.807, 2.05) is 95.7 Å². The van der Waals surface area contributed by atoms with Crippen LogP contribution in [-0.2, 0) is 46.7 Å². The van der Waals surface area contributed by atoms with Crippen molar-refractivity contribution in [3.63, 3.8) is 0 Å². The molecule has 0 radical (unpaired) electrons. The van der Waals surface area contributed by atoms with E-state index < -0.39 is 51.4 Å². The highest BCUT2D eigenvalue weighted by atomic mass is 35.5. The number of carbonyl (C=O) groups is 4. The molecule has 0 heterocycles. The highest BCUT2D eigenvalue weighted by Crippen LogP contribution is 2.25. The zero-order valence-corrected chi connectivity index (χ0v) is 37.6. The van der Waals surface area contributed by atoms with Crippen LogP contribution < -0.4 is 15.4 Å². The molecule has 0 unspecified atom stereocenters. The molecule has 0 fully saturated rings. The maximum atomic E-state index is 12.2. The molecular weight excluding hydrogens is 829 g/mol. The first-order valence-corrected chi connectivity index (χ1v) is 22.0. The van der Waals surface area contributed by atoms with E-state index >= 15 is 0 Å². The summed E-state index contributed by atoms with van der Waals surface area (Å²) in [7, 11) is -3.69. The van der Waals surface area contributed by atoms with Crippen LogP contribution in [0.4, 0.5) is 9.59 Å². The second kappa shape index (κ2) is 22.5. The van der Waals surface area contributed by atoms with Crippen LogP contribution >= 0.6 is 23.2 Å². The molecule has 2 atom stereocenters. The normalized spacial score (nSPS) is 12.4. The number of esters is 1. The largest absolute Gasteiger partial charge is 0.466 e. The topological polar surface area (TPSA) is 166 Å². The Morgan fingerprint density at radius 3 is 1.37 bits per heavy atom. The molecule has 0 aliphatic carbocycles. The fourth-order valence-corrected chi connectivity index (χ4v) is 6.64. The molecule has 3 N–H and O–H groups in total. The van der Waals surface area contributed by atoms with Gasteiger partial charge in [-0.1, -0.05) is 96.0 Å². The number of hydrogen-bond donors (Lipinski definition) is 3. The lowest BCUT2D eigenvalue weighted by Crippen LogP contribution is -2.43. The van der Waals surface area contributed by atoms with Crippen molar-refractivity contribution in [2.45, 2.75) is 97.4 Å². The zero-order chi connectivity index (χ0) is 44.7. The van der Waals surface area contributed by atoms with Gasteiger partial charge in [0.15, 0.2) is 0 Å². The Kier molecular flexibility index (Phi) is 18.5. The van der Waals surface area contributed by atoms with Crippen LogP contribution in [0.2, 0.25) is 10.0 Å². The summed E-state index contributed by atoms with van der Waals surface area (Å²) in [6, 6.07) is 29.6. The summed E-state index contributed by atoms with van der Waals surface area (Å²) in [5.41, 5.74) is 4.53. The summed E-state index contributed by atoms with van der Waals surface area (Å²) in [4.78, 5) is 48.4. The van der Waals surface area contributed by atoms with Gasteiger partial charge in [-0.3, -0.25) is 14.3 Å². The monoisotopic (exact) mass is 883 g/mol. The third-order valence-corrected chi connectivity index (χ3v) is 9.15. The minimum Gasteiger partial charge on any atom is -0.466 e. The minimum absolute atomic E-state index is 0.0725. The molecule has 4 aromatic rings. The van der Waals surface area contributed by atoms with E-state index in [4.69, 9.17) is 37.4 Å². The van der Waals surface area contributed by atoms with E-state index in [0.29, 0.717) is 29.5 Å². The lowest BCUT2D eigenvalue weighted by Gasteiger charge is -2.23.